The molecule has 1 aliphatic rings. The molecule has 398 valence electrons. The van der Waals surface area contributed by atoms with Crippen molar-refractivity contribution in [2.24, 2.45) is 0 Å². The highest BCUT2D eigenvalue weighted by atomic mass is 16.7. The van der Waals surface area contributed by atoms with E-state index in [9.17, 15) is 28.8 Å². The van der Waals surface area contributed by atoms with Crippen LogP contribution in [0.5, 0.6) is 0 Å². The molecule has 1 heterocycles. The molecule has 0 amide bonds. The topological polar surface area (TPSA) is 176 Å². The minimum atomic E-state index is -1.52. The molecule has 0 aromatic heterocycles. The van der Waals surface area contributed by atoms with Gasteiger partial charge in [0.25, 0.3) is 0 Å². The first-order chi connectivity index (χ1) is 34.4. The van der Waals surface area contributed by atoms with Gasteiger partial charge in [0.15, 0.2) is 30.7 Å². The first kappa shape index (κ1) is 63.7. The molecule has 1 fully saturated rings. The molecule has 1 rings (SSSR count). The third-order valence-electron chi connectivity index (χ3n) is 10.5. The lowest BCUT2D eigenvalue weighted by molar-refractivity contribution is -0.311. The van der Waals surface area contributed by atoms with Crippen LogP contribution in [0.4, 0.5) is 0 Å². The van der Waals surface area contributed by atoms with Crippen molar-refractivity contribution in [2.45, 2.75) is 207 Å². The zero-order valence-corrected chi connectivity index (χ0v) is 43.7. The molecule has 14 heteroatoms. The van der Waals surface area contributed by atoms with Crippen molar-refractivity contribution in [1.29, 1.82) is 0 Å². The number of carbonyl (C=O) groups is 6. The number of hydrogen-bond donors (Lipinski definition) is 0. The Labute approximate surface area is 425 Å². The fourth-order valence-corrected chi connectivity index (χ4v) is 6.99. The van der Waals surface area contributed by atoms with Gasteiger partial charge in [0.2, 0.25) is 0 Å². The van der Waals surface area contributed by atoms with Crippen LogP contribution in [-0.4, -0.2) is 92.4 Å². The van der Waals surface area contributed by atoms with E-state index >= 15 is 0 Å². The summed E-state index contributed by atoms with van der Waals surface area (Å²) >= 11 is 0. The molecule has 0 spiro atoms. The summed E-state index contributed by atoms with van der Waals surface area (Å²) in [5.74, 6) is -4.12. The highest BCUT2D eigenvalue weighted by Gasteiger charge is 2.53. The Hall–Kier alpha value is -5.34. The van der Waals surface area contributed by atoms with Crippen LogP contribution in [0.25, 0.3) is 0 Å². The maximum Gasteiger partial charge on any atom is 0.306 e. The Balaban J connectivity index is 2.90. The van der Waals surface area contributed by atoms with E-state index in [2.05, 4.69) is 86.8 Å². The number of rotatable bonds is 39. The Morgan fingerprint density at radius 1 is 0.437 bits per heavy atom. The number of ether oxygens (including phenoxy) is 8. The van der Waals surface area contributed by atoms with Crippen LogP contribution in [0.3, 0.4) is 0 Å². The number of esters is 6. The van der Waals surface area contributed by atoms with Crippen LogP contribution < -0.4 is 0 Å². The quantitative estimate of drug-likeness (QED) is 0.0246. The lowest BCUT2D eigenvalue weighted by Gasteiger charge is -2.44. The lowest BCUT2D eigenvalue weighted by atomic mass is 9.98. The minimum absolute atomic E-state index is 0.0661. The summed E-state index contributed by atoms with van der Waals surface area (Å²) in [5.41, 5.74) is 0. The number of hydrogen-bond acceptors (Lipinski definition) is 14. The van der Waals surface area contributed by atoms with Crippen molar-refractivity contribution in [3.63, 3.8) is 0 Å². The highest BCUT2D eigenvalue weighted by Crippen LogP contribution is 2.30. The summed E-state index contributed by atoms with van der Waals surface area (Å²) < 4.78 is 44.9. The predicted molar refractivity (Wildman–Crippen MR) is 276 cm³/mol. The number of allylic oxidation sites excluding steroid dienone is 16. The van der Waals surface area contributed by atoms with Gasteiger partial charge in [0.05, 0.1) is 6.61 Å². The van der Waals surface area contributed by atoms with Gasteiger partial charge >= 0.3 is 35.8 Å². The second-order valence-corrected chi connectivity index (χ2v) is 17.2. The molecule has 0 aliphatic carbocycles. The van der Waals surface area contributed by atoms with Crippen molar-refractivity contribution in [3.8, 4) is 0 Å². The van der Waals surface area contributed by atoms with E-state index in [1.807, 2.05) is 24.3 Å². The van der Waals surface area contributed by atoms with Gasteiger partial charge in [-0.1, -0.05) is 137 Å². The largest absolute Gasteiger partial charge is 0.463 e. The van der Waals surface area contributed by atoms with Crippen LogP contribution in [0.15, 0.2) is 97.2 Å². The third kappa shape index (κ3) is 36.3. The summed E-state index contributed by atoms with van der Waals surface area (Å²) in [5, 5.41) is 0. The van der Waals surface area contributed by atoms with Gasteiger partial charge in [-0.05, 0) is 89.9 Å². The second-order valence-electron chi connectivity index (χ2n) is 17.2. The Morgan fingerprint density at radius 3 is 1.25 bits per heavy atom. The maximum atomic E-state index is 13.1. The first-order valence-electron chi connectivity index (χ1n) is 25.8. The van der Waals surface area contributed by atoms with E-state index in [-0.39, 0.29) is 19.4 Å². The van der Waals surface area contributed by atoms with Gasteiger partial charge in [-0.3, -0.25) is 28.8 Å². The van der Waals surface area contributed by atoms with Gasteiger partial charge in [0, 0.05) is 40.5 Å². The van der Waals surface area contributed by atoms with Crippen molar-refractivity contribution in [2.75, 3.05) is 19.8 Å². The molecule has 0 radical (unpaired) electrons. The van der Waals surface area contributed by atoms with E-state index in [1.54, 1.807) is 0 Å². The molecule has 0 saturated carbocycles. The molecule has 1 saturated heterocycles. The van der Waals surface area contributed by atoms with Crippen LogP contribution in [0.1, 0.15) is 170 Å². The molecule has 71 heavy (non-hydrogen) atoms. The molecule has 14 nitrogen and oxygen atoms in total. The van der Waals surface area contributed by atoms with E-state index in [4.69, 9.17) is 37.9 Å². The molecule has 0 N–H and O–H groups in total. The molecule has 0 bridgehead atoms. The molecular formula is C57H86O14. The molecule has 1 unspecified atom stereocenters. The standard InChI is InChI=1S/C57H86O14/c1-7-9-11-13-15-17-19-21-23-25-27-29-31-33-35-37-39-41-52(62)65-43-50(70-53(63)42-40-38-36-34-32-30-28-26-24-22-20-18-16-14-12-10-8-2)44-66-57-56(69-49(6)61)55(68-48(5)60)54(67-47(4)59)51(71-57)45-64-46(3)58/h15-18,21-24,27-30,33-36,50-51,54-57H,7-14,19-20,25-26,31-32,37-45H2,1-6H3/b17-15-,18-16-,23-21-,24-22-,29-27-,30-28-,35-33-,36-34-/t50?,51-,54+,55+,56-,57-/m1/s1. The van der Waals surface area contributed by atoms with E-state index in [0.717, 1.165) is 72.1 Å². The molecule has 0 aromatic rings. The maximum absolute atomic E-state index is 13.1. The lowest BCUT2D eigenvalue weighted by Crippen LogP contribution is -2.63. The van der Waals surface area contributed by atoms with Gasteiger partial charge < -0.3 is 37.9 Å². The second kappa shape index (κ2) is 43.4. The Bertz CT molecular complexity index is 1740. The fraction of sp³-hybridized carbons (Fsp3) is 0.614. The van der Waals surface area contributed by atoms with Crippen molar-refractivity contribution < 1.29 is 66.7 Å². The highest BCUT2D eigenvalue weighted by molar-refractivity contribution is 5.71. The van der Waals surface area contributed by atoms with Gasteiger partial charge in [-0.25, -0.2) is 0 Å². The summed E-state index contributed by atoms with van der Waals surface area (Å²) in [7, 11) is 0. The van der Waals surface area contributed by atoms with Crippen LogP contribution in [0, 0.1) is 0 Å². The van der Waals surface area contributed by atoms with Gasteiger partial charge in [-0.2, -0.15) is 0 Å². The van der Waals surface area contributed by atoms with Crippen LogP contribution >= 0.6 is 0 Å². The van der Waals surface area contributed by atoms with E-state index in [1.165, 1.54) is 45.4 Å². The zero-order chi connectivity index (χ0) is 52.2. The van der Waals surface area contributed by atoms with Gasteiger partial charge in [-0.15, -0.1) is 0 Å². The summed E-state index contributed by atoms with van der Waals surface area (Å²) in [4.78, 5) is 74.6. The average Bonchev–Trinajstić information content (AvgIpc) is 3.32. The minimum Gasteiger partial charge on any atom is -0.463 e. The van der Waals surface area contributed by atoms with E-state index in [0.29, 0.717) is 25.7 Å². The van der Waals surface area contributed by atoms with E-state index < -0.39 is 85.8 Å². The first-order valence-corrected chi connectivity index (χ1v) is 25.8. The predicted octanol–water partition coefficient (Wildman–Crippen LogP) is 11.8. The van der Waals surface area contributed by atoms with Crippen molar-refractivity contribution in [1.82, 2.24) is 0 Å². The van der Waals surface area contributed by atoms with Gasteiger partial charge in [0.1, 0.15) is 19.3 Å². The molecular weight excluding hydrogens is 909 g/mol. The summed E-state index contributed by atoms with van der Waals surface area (Å²) in [6.07, 6.45) is 43.4. The molecule has 1 aliphatic heterocycles. The Morgan fingerprint density at radius 2 is 0.831 bits per heavy atom. The normalized spacial score (nSPS) is 19.0. The third-order valence-corrected chi connectivity index (χ3v) is 10.5. The van der Waals surface area contributed by atoms with Crippen LogP contribution in [-0.2, 0) is 66.7 Å². The molecule has 6 atom stereocenters. The fourth-order valence-electron chi connectivity index (χ4n) is 6.99. The summed E-state index contributed by atoms with van der Waals surface area (Å²) in [6.45, 7) is 7.69. The summed E-state index contributed by atoms with van der Waals surface area (Å²) in [6, 6.07) is 0. The van der Waals surface area contributed by atoms with Crippen molar-refractivity contribution >= 4 is 35.8 Å². The SMILES string of the molecule is CCCCC/C=C\C/C=C\C/C=C\C/C=C\CCCC(=O)OCC(CO[C@@H]1O[C@H](COC(C)=O)[C@H](OC(C)=O)[C@H](OC(C)=O)[C@H]1OC(C)=O)OC(=O)CCC/C=C\C/C=C\C/C=C\C/C=C\CCCCC. The zero-order valence-electron chi connectivity index (χ0n) is 43.7. The number of carbonyl (C=O) groups excluding carboxylic acids is 6. The smallest absolute Gasteiger partial charge is 0.306 e. The number of unbranched alkanes of at least 4 members (excludes halogenated alkanes) is 8. The average molecular weight is 995 g/mol. The Kier molecular flexibility index (Phi) is 39.0. The van der Waals surface area contributed by atoms with Crippen LogP contribution in [0.2, 0.25) is 0 Å². The monoisotopic (exact) mass is 995 g/mol. The molecule has 0 aromatic carbocycles. The van der Waals surface area contributed by atoms with Crippen molar-refractivity contribution in [3.05, 3.63) is 97.2 Å².